The predicted octanol–water partition coefficient (Wildman–Crippen LogP) is 3.76. The molecule has 1 aliphatic heterocycles. The average Bonchev–Trinajstić information content (AvgIpc) is 2.49. The van der Waals surface area contributed by atoms with Crippen LogP contribution in [0, 0.1) is 11.3 Å². The van der Waals surface area contributed by atoms with Gasteiger partial charge in [-0.3, -0.25) is 0 Å². The Morgan fingerprint density at radius 3 is 2.82 bits per heavy atom. The third-order valence-corrected chi connectivity index (χ3v) is 3.58. The third-order valence-electron chi connectivity index (χ3n) is 3.58. The number of ether oxygens (including phenoxy) is 1. The van der Waals surface area contributed by atoms with Crippen LogP contribution >= 0.6 is 0 Å². The Labute approximate surface area is 103 Å². The Hall–Kier alpha value is -1.49. The molecule has 1 atom stereocenters. The smallest absolute Gasteiger partial charge is 0.127 e. The van der Waals surface area contributed by atoms with Crippen molar-refractivity contribution in [2.75, 3.05) is 6.61 Å². The summed E-state index contributed by atoms with van der Waals surface area (Å²) in [7, 11) is 0. The third kappa shape index (κ3) is 2.02. The van der Waals surface area contributed by atoms with Crippen LogP contribution in [0.25, 0.3) is 0 Å². The molecule has 0 aromatic heterocycles. The highest BCUT2D eigenvalue weighted by Crippen LogP contribution is 2.41. The molecule has 1 aromatic carbocycles. The number of nitriles is 1. The van der Waals surface area contributed by atoms with Gasteiger partial charge in [-0.1, -0.05) is 32.0 Å². The highest BCUT2D eigenvalue weighted by molar-refractivity contribution is 5.50. The van der Waals surface area contributed by atoms with Gasteiger partial charge in [0.15, 0.2) is 0 Å². The SMILES string of the molecule is CC(C)c1cccc2c1OCCCC2(C)C#N. The maximum atomic E-state index is 9.45. The van der Waals surface area contributed by atoms with Crippen molar-refractivity contribution in [1.82, 2.24) is 0 Å². The first-order chi connectivity index (χ1) is 8.08. The largest absolute Gasteiger partial charge is 0.493 e. The van der Waals surface area contributed by atoms with Crippen molar-refractivity contribution in [3.05, 3.63) is 29.3 Å². The van der Waals surface area contributed by atoms with E-state index in [0.717, 1.165) is 24.2 Å². The second-order valence-corrected chi connectivity index (χ2v) is 5.27. The van der Waals surface area contributed by atoms with Crippen molar-refractivity contribution >= 4 is 0 Å². The molecule has 0 aliphatic carbocycles. The standard InChI is InChI=1S/C15H19NO/c1-11(2)12-6-4-7-13-14(12)17-9-5-8-15(13,3)10-16/h4,6-7,11H,5,8-9H2,1-3H3. The lowest BCUT2D eigenvalue weighted by atomic mass is 9.78. The van der Waals surface area contributed by atoms with Gasteiger partial charge in [-0.15, -0.1) is 0 Å². The van der Waals surface area contributed by atoms with Crippen LogP contribution in [0.4, 0.5) is 0 Å². The molecule has 2 nitrogen and oxygen atoms in total. The fourth-order valence-corrected chi connectivity index (χ4v) is 2.46. The first kappa shape index (κ1) is 12.0. The van der Waals surface area contributed by atoms with Crippen LogP contribution in [0.5, 0.6) is 5.75 Å². The van der Waals surface area contributed by atoms with Crippen molar-refractivity contribution in [2.45, 2.75) is 44.9 Å². The summed E-state index contributed by atoms with van der Waals surface area (Å²) in [6.45, 7) is 7.06. The number of hydrogen-bond donors (Lipinski definition) is 0. The number of nitrogens with zero attached hydrogens (tertiary/aromatic N) is 1. The van der Waals surface area contributed by atoms with E-state index in [0.29, 0.717) is 12.5 Å². The quantitative estimate of drug-likeness (QED) is 0.734. The Bertz CT molecular complexity index is 458. The van der Waals surface area contributed by atoms with Gasteiger partial charge in [0.1, 0.15) is 5.75 Å². The van der Waals surface area contributed by atoms with Gasteiger partial charge in [-0.25, -0.2) is 0 Å². The molecule has 0 radical (unpaired) electrons. The van der Waals surface area contributed by atoms with Gasteiger partial charge in [0.2, 0.25) is 0 Å². The zero-order valence-corrected chi connectivity index (χ0v) is 10.8. The Morgan fingerprint density at radius 1 is 1.41 bits per heavy atom. The van der Waals surface area contributed by atoms with E-state index >= 15 is 0 Å². The molecule has 0 saturated carbocycles. The summed E-state index contributed by atoms with van der Waals surface area (Å²) in [5, 5.41) is 9.45. The lowest BCUT2D eigenvalue weighted by Gasteiger charge is -2.23. The fraction of sp³-hybridized carbons (Fsp3) is 0.533. The summed E-state index contributed by atoms with van der Waals surface area (Å²) < 4.78 is 5.89. The van der Waals surface area contributed by atoms with Gasteiger partial charge < -0.3 is 4.74 Å². The summed E-state index contributed by atoms with van der Waals surface area (Å²) in [4.78, 5) is 0. The molecule has 17 heavy (non-hydrogen) atoms. The molecule has 1 aromatic rings. The zero-order chi connectivity index (χ0) is 12.5. The van der Waals surface area contributed by atoms with E-state index in [1.54, 1.807) is 0 Å². The molecule has 2 rings (SSSR count). The predicted molar refractivity (Wildman–Crippen MR) is 68.2 cm³/mol. The van der Waals surface area contributed by atoms with Crippen molar-refractivity contribution in [3.8, 4) is 11.8 Å². The van der Waals surface area contributed by atoms with Gasteiger partial charge in [0.05, 0.1) is 18.1 Å². The summed E-state index contributed by atoms with van der Waals surface area (Å²) >= 11 is 0. The van der Waals surface area contributed by atoms with Crippen LogP contribution in [0.2, 0.25) is 0 Å². The highest BCUT2D eigenvalue weighted by atomic mass is 16.5. The monoisotopic (exact) mass is 229 g/mol. The van der Waals surface area contributed by atoms with Crippen LogP contribution in [0.15, 0.2) is 18.2 Å². The number of fused-ring (bicyclic) bond motifs is 1. The zero-order valence-electron chi connectivity index (χ0n) is 10.8. The molecular formula is C15H19NO. The molecule has 0 fully saturated rings. The van der Waals surface area contributed by atoms with Gasteiger partial charge in [-0.05, 0) is 31.2 Å². The van der Waals surface area contributed by atoms with Crippen LogP contribution < -0.4 is 4.74 Å². The van der Waals surface area contributed by atoms with E-state index in [2.05, 4.69) is 26.0 Å². The summed E-state index contributed by atoms with van der Waals surface area (Å²) in [5.74, 6) is 1.37. The van der Waals surface area contributed by atoms with E-state index in [-0.39, 0.29) is 0 Å². The molecule has 2 heteroatoms. The maximum absolute atomic E-state index is 9.45. The molecule has 1 heterocycles. The van der Waals surface area contributed by atoms with E-state index in [1.807, 2.05) is 19.1 Å². The Balaban J connectivity index is 2.62. The topological polar surface area (TPSA) is 33.0 Å². The second kappa shape index (κ2) is 4.41. The molecule has 1 aliphatic rings. The molecule has 90 valence electrons. The molecule has 0 saturated heterocycles. The van der Waals surface area contributed by atoms with Gasteiger partial charge in [0, 0.05) is 5.56 Å². The van der Waals surface area contributed by atoms with E-state index in [9.17, 15) is 5.26 Å². The van der Waals surface area contributed by atoms with E-state index in [1.165, 1.54) is 5.56 Å². The lowest BCUT2D eigenvalue weighted by molar-refractivity contribution is 0.311. The number of hydrogen-bond acceptors (Lipinski definition) is 2. The van der Waals surface area contributed by atoms with E-state index < -0.39 is 5.41 Å². The lowest BCUT2D eigenvalue weighted by Crippen LogP contribution is -2.19. The van der Waals surface area contributed by atoms with Crippen molar-refractivity contribution in [2.24, 2.45) is 0 Å². The Kier molecular flexibility index (Phi) is 3.11. The van der Waals surface area contributed by atoms with Crippen molar-refractivity contribution in [3.63, 3.8) is 0 Å². The summed E-state index contributed by atoms with van der Waals surface area (Å²) in [5.41, 5.74) is 1.87. The molecule has 0 spiro atoms. The highest BCUT2D eigenvalue weighted by Gasteiger charge is 2.33. The average molecular weight is 229 g/mol. The van der Waals surface area contributed by atoms with Crippen molar-refractivity contribution in [1.29, 1.82) is 5.26 Å². The minimum Gasteiger partial charge on any atom is -0.493 e. The number of para-hydroxylation sites is 1. The fourth-order valence-electron chi connectivity index (χ4n) is 2.46. The minimum absolute atomic E-state index is 0.406. The van der Waals surface area contributed by atoms with Crippen LogP contribution in [0.3, 0.4) is 0 Å². The van der Waals surface area contributed by atoms with Crippen LogP contribution in [-0.2, 0) is 5.41 Å². The first-order valence-electron chi connectivity index (χ1n) is 6.26. The van der Waals surface area contributed by atoms with Crippen LogP contribution in [-0.4, -0.2) is 6.61 Å². The molecular weight excluding hydrogens is 210 g/mol. The van der Waals surface area contributed by atoms with Gasteiger partial charge >= 0.3 is 0 Å². The van der Waals surface area contributed by atoms with E-state index in [4.69, 9.17) is 4.74 Å². The maximum Gasteiger partial charge on any atom is 0.127 e. The van der Waals surface area contributed by atoms with Gasteiger partial charge in [0.25, 0.3) is 0 Å². The first-order valence-corrected chi connectivity index (χ1v) is 6.26. The molecule has 1 unspecified atom stereocenters. The van der Waals surface area contributed by atoms with Gasteiger partial charge in [-0.2, -0.15) is 5.26 Å². The molecule has 0 N–H and O–H groups in total. The van der Waals surface area contributed by atoms with Crippen LogP contribution in [0.1, 0.15) is 50.7 Å². The summed E-state index contributed by atoms with van der Waals surface area (Å²) in [6, 6.07) is 8.64. The molecule has 0 amide bonds. The molecule has 0 bridgehead atoms. The normalized spacial score (nSPS) is 23.5. The van der Waals surface area contributed by atoms with Crippen molar-refractivity contribution < 1.29 is 4.74 Å². The number of rotatable bonds is 1. The Morgan fingerprint density at radius 2 is 2.18 bits per heavy atom. The second-order valence-electron chi connectivity index (χ2n) is 5.27. The summed E-state index contributed by atoms with van der Waals surface area (Å²) in [6.07, 6.45) is 1.81. The minimum atomic E-state index is -0.406. The number of benzene rings is 1.